The van der Waals surface area contributed by atoms with Crippen LogP contribution in [0.25, 0.3) is 0 Å². The maximum atomic E-state index is 12.2. The van der Waals surface area contributed by atoms with E-state index >= 15 is 0 Å². The van der Waals surface area contributed by atoms with E-state index in [1.54, 1.807) is 4.90 Å². The van der Waals surface area contributed by atoms with Gasteiger partial charge in [0.2, 0.25) is 0 Å². The predicted molar refractivity (Wildman–Crippen MR) is 104 cm³/mol. The first-order chi connectivity index (χ1) is 12.1. The van der Waals surface area contributed by atoms with E-state index < -0.39 is 5.60 Å². The van der Waals surface area contributed by atoms with E-state index in [0.29, 0.717) is 32.1 Å². The van der Waals surface area contributed by atoms with Gasteiger partial charge in [-0.25, -0.2) is 4.79 Å². The normalized spacial score (nSPS) is 15.2. The molecule has 1 amide bonds. The summed E-state index contributed by atoms with van der Waals surface area (Å²) in [4.78, 5) is 16.2. The summed E-state index contributed by atoms with van der Waals surface area (Å²) in [6.07, 6.45) is 0.736. The first-order valence-corrected chi connectivity index (χ1v) is 9.37. The van der Waals surface area contributed by atoms with Crippen LogP contribution in [0.15, 0.2) is 12.1 Å². The number of benzene rings is 1. The molecule has 0 aliphatic carbocycles. The Labute approximate surface area is 157 Å². The minimum absolute atomic E-state index is 0.262. The van der Waals surface area contributed by atoms with Crippen LogP contribution in [0.2, 0.25) is 0 Å². The molecule has 0 saturated carbocycles. The second-order valence-electron chi connectivity index (χ2n) is 8.47. The smallest absolute Gasteiger partial charge is 0.410 e. The molecule has 0 aromatic heterocycles. The monoisotopic (exact) mass is 357 g/mol. The molecule has 2 rings (SSSR count). The van der Waals surface area contributed by atoms with Crippen molar-refractivity contribution in [3.63, 3.8) is 0 Å². The quantitative estimate of drug-likeness (QED) is 0.816. The first-order valence-electron chi connectivity index (χ1n) is 9.37. The number of amides is 1. The summed E-state index contributed by atoms with van der Waals surface area (Å²) < 4.78 is 5.46. The van der Waals surface area contributed by atoms with Crippen molar-refractivity contribution in [3.05, 3.63) is 28.8 Å². The van der Waals surface area contributed by atoms with Crippen molar-refractivity contribution >= 4 is 11.8 Å². The van der Waals surface area contributed by atoms with E-state index in [1.807, 2.05) is 27.7 Å². The molecule has 0 spiro atoms. The maximum Gasteiger partial charge on any atom is 0.410 e. The number of nitriles is 1. The number of rotatable bonds is 3. The highest BCUT2D eigenvalue weighted by molar-refractivity contribution is 5.69. The van der Waals surface area contributed by atoms with Gasteiger partial charge in [0.15, 0.2) is 0 Å². The van der Waals surface area contributed by atoms with Gasteiger partial charge in [-0.05, 0) is 57.2 Å². The first kappa shape index (κ1) is 20.1. The summed E-state index contributed by atoms with van der Waals surface area (Å²) in [7, 11) is 0. The number of carbonyl (C=O) groups excluding carboxylic acids is 1. The molecule has 0 N–H and O–H groups in total. The van der Waals surface area contributed by atoms with E-state index in [-0.39, 0.29) is 6.09 Å². The van der Waals surface area contributed by atoms with Gasteiger partial charge in [0.05, 0.1) is 11.3 Å². The molecule has 1 heterocycles. The topological polar surface area (TPSA) is 56.6 Å². The fourth-order valence-corrected chi connectivity index (χ4v) is 3.28. The molecular weight excluding hydrogens is 326 g/mol. The van der Waals surface area contributed by atoms with Crippen molar-refractivity contribution < 1.29 is 9.53 Å². The summed E-state index contributed by atoms with van der Waals surface area (Å²) in [6.45, 7) is 14.7. The minimum atomic E-state index is -0.482. The Morgan fingerprint density at radius 3 is 2.35 bits per heavy atom. The highest BCUT2D eigenvalue weighted by atomic mass is 16.6. The van der Waals surface area contributed by atoms with Crippen molar-refractivity contribution in [1.82, 2.24) is 4.90 Å². The second kappa shape index (κ2) is 7.99. The lowest BCUT2D eigenvalue weighted by Gasteiger charge is -2.37. The third-order valence-corrected chi connectivity index (χ3v) is 4.40. The predicted octanol–water partition coefficient (Wildman–Crippen LogP) is 4.12. The molecular formula is C21H31N3O2. The lowest BCUT2D eigenvalue weighted by Crippen LogP contribution is -2.50. The average Bonchev–Trinajstić information content (AvgIpc) is 2.52. The number of anilines is 1. The van der Waals surface area contributed by atoms with Gasteiger partial charge in [0.25, 0.3) is 0 Å². The lowest BCUT2D eigenvalue weighted by atomic mass is 9.96. The van der Waals surface area contributed by atoms with Gasteiger partial charge in [-0.3, -0.25) is 0 Å². The average molecular weight is 357 g/mol. The Hall–Kier alpha value is -2.22. The Kier molecular flexibility index (Phi) is 6.17. The molecule has 0 radical (unpaired) electrons. The number of aryl methyl sites for hydroxylation is 1. The molecule has 1 aliphatic heterocycles. The van der Waals surface area contributed by atoms with Crippen LogP contribution in [0.3, 0.4) is 0 Å². The largest absolute Gasteiger partial charge is 0.444 e. The van der Waals surface area contributed by atoms with Gasteiger partial charge in [0, 0.05) is 26.2 Å². The number of hydrogen-bond donors (Lipinski definition) is 0. The molecule has 1 saturated heterocycles. The fraction of sp³-hybridized carbons (Fsp3) is 0.619. The number of nitrogens with zero attached hydrogens (tertiary/aromatic N) is 3. The summed E-state index contributed by atoms with van der Waals surface area (Å²) in [5.41, 5.74) is 3.54. The van der Waals surface area contributed by atoms with Crippen LogP contribution < -0.4 is 4.90 Å². The molecule has 1 aromatic rings. The molecule has 0 unspecified atom stereocenters. The Morgan fingerprint density at radius 1 is 1.23 bits per heavy atom. The van der Waals surface area contributed by atoms with E-state index in [1.165, 1.54) is 5.56 Å². The second-order valence-corrected chi connectivity index (χ2v) is 8.47. The Bertz CT molecular complexity index is 690. The van der Waals surface area contributed by atoms with Crippen LogP contribution in [-0.2, 0) is 11.2 Å². The summed E-state index contributed by atoms with van der Waals surface area (Å²) >= 11 is 0. The van der Waals surface area contributed by atoms with Gasteiger partial charge < -0.3 is 14.5 Å². The molecule has 1 aromatic carbocycles. The Balaban J connectivity index is 2.14. The van der Waals surface area contributed by atoms with Crippen LogP contribution in [0.5, 0.6) is 0 Å². The summed E-state index contributed by atoms with van der Waals surface area (Å²) in [6, 6.07) is 6.63. The van der Waals surface area contributed by atoms with Crippen LogP contribution in [0, 0.1) is 24.2 Å². The van der Waals surface area contributed by atoms with Gasteiger partial charge in [0.1, 0.15) is 11.7 Å². The van der Waals surface area contributed by atoms with Crippen molar-refractivity contribution in [1.29, 1.82) is 5.26 Å². The van der Waals surface area contributed by atoms with Crippen LogP contribution in [-0.4, -0.2) is 42.8 Å². The van der Waals surface area contributed by atoms with E-state index in [0.717, 1.165) is 23.2 Å². The highest BCUT2D eigenvalue weighted by Gasteiger charge is 2.27. The summed E-state index contributed by atoms with van der Waals surface area (Å²) in [5.74, 6) is 0.569. The fourth-order valence-electron chi connectivity index (χ4n) is 3.28. The molecule has 1 aliphatic rings. The third-order valence-electron chi connectivity index (χ3n) is 4.40. The number of carbonyl (C=O) groups is 1. The lowest BCUT2D eigenvalue weighted by molar-refractivity contribution is 0.0240. The van der Waals surface area contributed by atoms with Crippen LogP contribution >= 0.6 is 0 Å². The van der Waals surface area contributed by atoms with Gasteiger partial charge in [-0.1, -0.05) is 19.9 Å². The van der Waals surface area contributed by atoms with Gasteiger partial charge >= 0.3 is 6.09 Å². The van der Waals surface area contributed by atoms with Gasteiger partial charge in [-0.15, -0.1) is 0 Å². The van der Waals surface area contributed by atoms with Gasteiger partial charge in [-0.2, -0.15) is 5.26 Å². The minimum Gasteiger partial charge on any atom is -0.444 e. The number of ether oxygens (including phenoxy) is 1. The zero-order chi connectivity index (χ0) is 19.5. The SMILES string of the molecule is Cc1cc(CC(C)C)cc(N2CCN(C(=O)OC(C)(C)C)CC2)c1C#N. The number of piperazine rings is 1. The van der Waals surface area contributed by atoms with Crippen LogP contribution in [0.1, 0.15) is 51.3 Å². The molecule has 1 fully saturated rings. The zero-order valence-electron chi connectivity index (χ0n) is 16.9. The molecule has 0 atom stereocenters. The molecule has 0 bridgehead atoms. The van der Waals surface area contributed by atoms with Crippen molar-refractivity contribution in [3.8, 4) is 6.07 Å². The number of hydrogen-bond acceptors (Lipinski definition) is 4. The zero-order valence-corrected chi connectivity index (χ0v) is 16.9. The van der Waals surface area contributed by atoms with E-state index in [2.05, 4.69) is 36.9 Å². The third kappa shape index (κ3) is 5.14. The summed E-state index contributed by atoms with van der Waals surface area (Å²) in [5, 5.41) is 9.61. The van der Waals surface area contributed by atoms with Crippen LogP contribution in [0.4, 0.5) is 10.5 Å². The molecule has 26 heavy (non-hydrogen) atoms. The molecule has 5 heteroatoms. The molecule has 142 valence electrons. The molecule has 5 nitrogen and oxygen atoms in total. The highest BCUT2D eigenvalue weighted by Crippen LogP contribution is 2.28. The maximum absolute atomic E-state index is 12.2. The Morgan fingerprint density at radius 2 is 1.85 bits per heavy atom. The van der Waals surface area contributed by atoms with E-state index in [4.69, 9.17) is 4.74 Å². The standard InChI is InChI=1S/C21H31N3O2/c1-15(2)11-17-12-16(3)18(14-22)19(13-17)23-7-9-24(10-8-23)20(25)26-21(4,5)6/h12-13,15H,7-11H2,1-6H3. The van der Waals surface area contributed by atoms with Crippen molar-refractivity contribution in [2.75, 3.05) is 31.1 Å². The van der Waals surface area contributed by atoms with E-state index in [9.17, 15) is 10.1 Å². The van der Waals surface area contributed by atoms with Crippen molar-refractivity contribution in [2.45, 2.75) is 53.6 Å². The van der Waals surface area contributed by atoms with Crippen molar-refractivity contribution in [2.24, 2.45) is 5.92 Å².